The average molecular weight is 298 g/mol. The Kier molecular flexibility index (Phi) is 4.62. The van der Waals surface area contributed by atoms with E-state index in [4.69, 9.17) is 21.4 Å². The number of halogens is 1. The maximum atomic E-state index is 12.5. The van der Waals surface area contributed by atoms with E-state index < -0.39 is 11.4 Å². The number of benzene rings is 1. The van der Waals surface area contributed by atoms with Crippen molar-refractivity contribution in [1.29, 1.82) is 0 Å². The van der Waals surface area contributed by atoms with Crippen LogP contribution in [-0.2, 0) is 19.7 Å². The molecule has 5 nitrogen and oxygen atoms in total. The molecule has 0 atom stereocenters. The van der Waals surface area contributed by atoms with Gasteiger partial charge in [0, 0.05) is 18.2 Å². The highest BCUT2D eigenvalue weighted by atomic mass is 35.5. The van der Waals surface area contributed by atoms with E-state index in [2.05, 4.69) is 5.32 Å². The maximum Gasteiger partial charge on any atom is 0.322 e. The van der Waals surface area contributed by atoms with Crippen LogP contribution in [0.4, 0.5) is 0 Å². The lowest BCUT2D eigenvalue weighted by molar-refractivity contribution is -0.139. The van der Waals surface area contributed by atoms with E-state index >= 15 is 0 Å². The number of carboxylic acid groups (broad SMARTS) is 1. The third-order valence-corrected chi connectivity index (χ3v) is 3.79. The number of carboxylic acids is 1. The molecular weight excluding hydrogens is 282 g/mol. The third kappa shape index (κ3) is 3.11. The molecule has 0 radical (unpaired) electrons. The Labute approximate surface area is 121 Å². The Balaban J connectivity index is 2.30. The molecule has 0 spiro atoms. The molecule has 1 aliphatic rings. The van der Waals surface area contributed by atoms with Gasteiger partial charge in [0.25, 0.3) is 0 Å². The van der Waals surface area contributed by atoms with E-state index in [1.165, 1.54) is 0 Å². The van der Waals surface area contributed by atoms with E-state index in [1.807, 2.05) is 6.07 Å². The minimum absolute atomic E-state index is 0.287. The maximum absolute atomic E-state index is 12.5. The summed E-state index contributed by atoms with van der Waals surface area (Å²) in [6.45, 7) is 0.544. The van der Waals surface area contributed by atoms with Crippen LogP contribution in [0.3, 0.4) is 0 Å². The van der Waals surface area contributed by atoms with Crippen molar-refractivity contribution in [2.45, 2.75) is 18.3 Å². The van der Waals surface area contributed by atoms with Crippen molar-refractivity contribution in [3.05, 3.63) is 34.9 Å². The molecule has 6 heteroatoms. The molecule has 0 aliphatic carbocycles. The fourth-order valence-corrected chi connectivity index (χ4v) is 2.67. The van der Waals surface area contributed by atoms with Gasteiger partial charge in [-0.25, -0.2) is 0 Å². The topological polar surface area (TPSA) is 75.6 Å². The summed E-state index contributed by atoms with van der Waals surface area (Å²) in [5.74, 6) is -1.35. The molecule has 108 valence electrons. The molecular formula is C14H16ClNO4. The van der Waals surface area contributed by atoms with Crippen LogP contribution >= 0.6 is 11.6 Å². The van der Waals surface area contributed by atoms with Crippen molar-refractivity contribution >= 4 is 23.5 Å². The second kappa shape index (κ2) is 6.24. The van der Waals surface area contributed by atoms with Crippen molar-refractivity contribution in [3.8, 4) is 0 Å². The molecule has 0 saturated carbocycles. The highest BCUT2D eigenvalue weighted by Crippen LogP contribution is 2.36. The van der Waals surface area contributed by atoms with E-state index in [0.29, 0.717) is 31.1 Å². The summed E-state index contributed by atoms with van der Waals surface area (Å²) in [5, 5.41) is 11.7. The minimum Gasteiger partial charge on any atom is -0.480 e. The molecule has 0 bridgehead atoms. The number of hydrogen-bond acceptors (Lipinski definition) is 3. The highest BCUT2D eigenvalue weighted by molar-refractivity contribution is 6.30. The number of carbonyl (C=O) groups is 2. The van der Waals surface area contributed by atoms with Crippen LogP contribution in [0.1, 0.15) is 18.4 Å². The predicted octanol–water partition coefficient (Wildman–Crippen LogP) is 1.59. The number of hydrogen-bond donors (Lipinski definition) is 2. The molecule has 2 rings (SSSR count). The molecule has 0 unspecified atom stereocenters. The summed E-state index contributed by atoms with van der Waals surface area (Å²) < 4.78 is 5.32. The summed E-state index contributed by atoms with van der Waals surface area (Å²) in [5.41, 5.74) is 0.0367. The predicted molar refractivity (Wildman–Crippen MR) is 73.8 cm³/mol. The number of amides is 1. The number of nitrogens with one attached hydrogen (secondary N) is 1. The lowest BCUT2D eigenvalue weighted by Crippen LogP contribution is -2.49. The van der Waals surface area contributed by atoms with Crippen LogP contribution in [-0.4, -0.2) is 36.7 Å². The van der Waals surface area contributed by atoms with E-state index in [9.17, 15) is 9.59 Å². The summed E-state index contributed by atoms with van der Waals surface area (Å²) in [4.78, 5) is 23.1. The first-order valence-electron chi connectivity index (χ1n) is 6.38. The fourth-order valence-electron chi connectivity index (χ4n) is 2.48. The molecule has 20 heavy (non-hydrogen) atoms. The van der Waals surface area contributed by atoms with Crippen LogP contribution in [0.2, 0.25) is 5.02 Å². The quantitative estimate of drug-likeness (QED) is 0.885. The van der Waals surface area contributed by atoms with Gasteiger partial charge in [-0.05, 0) is 30.5 Å². The average Bonchev–Trinajstić information content (AvgIpc) is 2.45. The smallest absolute Gasteiger partial charge is 0.322 e. The normalized spacial score (nSPS) is 17.4. The van der Waals surface area contributed by atoms with Gasteiger partial charge < -0.3 is 15.2 Å². The van der Waals surface area contributed by atoms with Gasteiger partial charge in [0.2, 0.25) is 5.91 Å². The van der Waals surface area contributed by atoms with Crippen LogP contribution < -0.4 is 5.32 Å². The van der Waals surface area contributed by atoms with Gasteiger partial charge >= 0.3 is 5.97 Å². The lowest BCUT2D eigenvalue weighted by atomic mass is 9.73. The van der Waals surface area contributed by atoms with Gasteiger partial charge in [0.05, 0.1) is 5.41 Å². The number of carbonyl (C=O) groups excluding carboxylic acids is 1. The Morgan fingerprint density at radius 3 is 2.65 bits per heavy atom. The molecule has 1 aromatic rings. The SMILES string of the molecule is O=C(O)CNC(=O)C1(c2cccc(Cl)c2)CCOCC1. The summed E-state index contributed by atoms with van der Waals surface area (Å²) >= 11 is 6.00. The molecule has 1 amide bonds. The van der Waals surface area contributed by atoms with E-state index in [-0.39, 0.29) is 12.5 Å². The Morgan fingerprint density at radius 1 is 1.35 bits per heavy atom. The second-order valence-corrected chi connectivity index (χ2v) is 5.22. The first kappa shape index (κ1) is 14.8. The highest BCUT2D eigenvalue weighted by Gasteiger charge is 2.41. The zero-order valence-electron chi connectivity index (χ0n) is 10.9. The minimum atomic E-state index is -1.06. The second-order valence-electron chi connectivity index (χ2n) is 4.78. The van der Waals surface area contributed by atoms with Gasteiger partial charge in [0.1, 0.15) is 6.54 Å². The first-order chi connectivity index (χ1) is 9.54. The first-order valence-corrected chi connectivity index (χ1v) is 6.76. The number of rotatable bonds is 4. The van der Waals surface area contributed by atoms with Crippen molar-refractivity contribution in [2.75, 3.05) is 19.8 Å². The molecule has 1 saturated heterocycles. The van der Waals surface area contributed by atoms with Crippen LogP contribution in [0, 0.1) is 0 Å². The van der Waals surface area contributed by atoms with Gasteiger partial charge in [-0.1, -0.05) is 23.7 Å². The van der Waals surface area contributed by atoms with E-state index in [0.717, 1.165) is 5.56 Å². The van der Waals surface area contributed by atoms with Crippen LogP contribution in [0.5, 0.6) is 0 Å². The van der Waals surface area contributed by atoms with Crippen molar-refractivity contribution in [3.63, 3.8) is 0 Å². The van der Waals surface area contributed by atoms with Gasteiger partial charge in [-0.15, -0.1) is 0 Å². The van der Waals surface area contributed by atoms with Crippen molar-refractivity contribution in [1.82, 2.24) is 5.32 Å². The summed E-state index contributed by atoms with van der Waals surface area (Å²) in [6.07, 6.45) is 1.03. The van der Waals surface area contributed by atoms with Gasteiger partial charge in [-0.2, -0.15) is 0 Å². The Hall–Kier alpha value is -1.59. The fraction of sp³-hybridized carbons (Fsp3) is 0.429. The lowest BCUT2D eigenvalue weighted by Gasteiger charge is -2.36. The Bertz CT molecular complexity index is 512. The Morgan fingerprint density at radius 2 is 2.05 bits per heavy atom. The third-order valence-electron chi connectivity index (χ3n) is 3.56. The molecule has 2 N–H and O–H groups in total. The van der Waals surface area contributed by atoms with Gasteiger partial charge in [-0.3, -0.25) is 9.59 Å². The van der Waals surface area contributed by atoms with Crippen LogP contribution in [0.15, 0.2) is 24.3 Å². The summed E-state index contributed by atoms with van der Waals surface area (Å²) in [7, 11) is 0. The molecule has 1 aliphatic heterocycles. The van der Waals surface area contributed by atoms with Gasteiger partial charge in [0.15, 0.2) is 0 Å². The van der Waals surface area contributed by atoms with E-state index in [1.54, 1.807) is 18.2 Å². The number of ether oxygens (including phenoxy) is 1. The molecule has 1 heterocycles. The standard InChI is InChI=1S/C14H16ClNO4/c15-11-3-1-2-10(8-11)14(4-6-20-7-5-14)13(19)16-9-12(17)18/h1-3,8H,4-7,9H2,(H,16,19)(H,17,18). The monoisotopic (exact) mass is 297 g/mol. The molecule has 0 aromatic heterocycles. The zero-order chi connectivity index (χ0) is 14.6. The summed E-state index contributed by atoms with van der Waals surface area (Å²) in [6, 6.07) is 7.14. The largest absolute Gasteiger partial charge is 0.480 e. The van der Waals surface area contributed by atoms with Crippen LogP contribution in [0.25, 0.3) is 0 Å². The van der Waals surface area contributed by atoms with Crippen molar-refractivity contribution < 1.29 is 19.4 Å². The van der Waals surface area contributed by atoms with Crippen molar-refractivity contribution in [2.24, 2.45) is 0 Å². The number of aliphatic carboxylic acids is 1. The molecule has 1 fully saturated rings. The molecule has 1 aromatic carbocycles. The zero-order valence-corrected chi connectivity index (χ0v) is 11.7.